The molecule has 0 spiro atoms. The van der Waals surface area contributed by atoms with E-state index in [-0.39, 0.29) is 31.0 Å². The lowest BCUT2D eigenvalue weighted by atomic mass is 9.78. The highest BCUT2D eigenvalue weighted by Gasteiger charge is 2.50. The van der Waals surface area contributed by atoms with Gasteiger partial charge in [0.2, 0.25) is 20.0 Å². The molecule has 4 rings (SSSR count). The van der Waals surface area contributed by atoms with E-state index in [9.17, 15) is 26.8 Å². The summed E-state index contributed by atoms with van der Waals surface area (Å²) in [4.78, 5) is 17.1. The number of ether oxygens (including phenoxy) is 1. The van der Waals surface area contributed by atoms with Crippen molar-refractivity contribution in [3.8, 4) is 5.75 Å². The Kier molecular flexibility index (Phi) is 8.52. The second kappa shape index (κ2) is 11.4. The number of sulfonamides is 2. The largest absolute Gasteiger partial charge is 0.489 e. The molecule has 11 nitrogen and oxygen atoms in total. The number of carbonyl (C=O) groups is 1. The maximum atomic E-state index is 13.3. The number of fused-ring (bicyclic) bond motifs is 1. The van der Waals surface area contributed by atoms with Crippen LogP contribution >= 0.6 is 0 Å². The van der Waals surface area contributed by atoms with Gasteiger partial charge in [-0.15, -0.1) is 0 Å². The number of pyridine rings is 1. The van der Waals surface area contributed by atoms with Gasteiger partial charge < -0.3 is 4.74 Å². The second-order valence-electron chi connectivity index (χ2n) is 10.4. The van der Waals surface area contributed by atoms with Gasteiger partial charge in [-0.3, -0.25) is 15.0 Å². The normalized spacial score (nSPS) is 20.5. The summed E-state index contributed by atoms with van der Waals surface area (Å²) in [6.45, 7) is 6.39. The molecule has 0 saturated carbocycles. The molecule has 1 aliphatic rings. The zero-order valence-electron chi connectivity index (χ0n) is 22.8. The maximum Gasteiger partial charge on any atom is 0.252 e. The quantitative estimate of drug-likeness (QED) is 0.254. The maximum absolute atomic E-state index is 13.3. The van der Waals surface area contributed by atoms with Crippen LogP contribution in [0.1, 0.15) is 38.4 Å². The first-order valence-corrected chi connectivity index (χ1v) is 15.8. The Bertz CT molecular complexity index is 1610. The van der Waals surface area contributed by atoms with Crippen molar-refractivity contribution in [2.75, 3.05) is 13.1 Å². The van der Waals surface area contributed by atoms with E-state index in [1.54, 1.807) is 17.6 Å². The third-order valence-corrected chi connectivity index (χ3v) is 11.0. The van der Waals surface area contributed by atoms with E-state index in [0.29, 0.717) is 5.75 Å². The van der Waals surface area contributed by atoms with Crippen molar-refractivity contribution in [2.45, 2.75) is 56.9 Å². The van der Waals surface area contributed by atoms with Gasteiger partial charge in [0.25, 0.3) is 5.91 Å². The van der Waals surface area contributed by atoms with Gasteiger partial charge in [0.05, 0.1) is 21.1 Å². The molecule has 0 radical (unpaired) electrons. The molecule has 2 atom stereocenters. The zero-order valence-corrected chi connectivity index (χ0v) is 24.4. The highest BCUT2D eigenvalue weighted by Crippen LogP contribution is 2.34. The topological polar surface area (TPSA) is 155 Å². The first-order valence-electron chi connectivity index (χ1n) is 12.8. The fraction of sp³-hybridized carbons (Fsp3) is 0.407. The van der Waals surface area contributed by atoms with Crippen molar-refractivity contribution in [1.29, 1.82) is 0 Å². The molecule has 1 fully saturated rings. The molecule has 1 aliphatic heterocycles. The summed E-state index contributed by atoms with van der Waals surface area (Å²) in [6, 6.07) is 14.6. The Morgan fingerprint density at radius 3 is 2.48 bits per heavy atom. The molecular formula is C27H34N4O7S2. The minimum absolute atomic E-state index is 0.0257. The van der Waals surface area contributed by atoms with Crippen molar-refractivity contribution < 1.29 is 31.6 Å². The summed E-state index contributed by atoms with van der Waals surface area (Å²) in [5.74, 6) is -0.416. The number of hydrogen-bond acceptors (Lipinski definition) is 8. The SMILES string of the molecule is Cc1cc(COc2ccc(S(=O)(=O)N[C@@H]3CCN(S(=O)(=O)C(C)C)C[C@@]3(C)C(=O)NO)cc2)c2ccccc2n1. The van der Waals surface area contributed by atoms with Gasteiger partial charge in [0.15, 0.2) is 0 Å². The summed E-state index contributed by atoms with van der Waals surface area (Å²) < 4.78 is 61.7. The van der Waals surface area contributed by atoms with E-state index < -0.39 is 42.7 Å². The minimum Gasteiger partial charge on any atom is -0.489 e. The number of carbonyl (C=O) groups excluding carboxylic acids is 1. The second-order valence-corrected chi connectivity index (χ2v) is 14.7. The summed E-state index contributed by atoms with van der Waals surface area (Å²) in [7, 11) is -7.80. The first-order chi connectivity index (χ1) is 18.8. The average Bonchev–Trinajstić information content (AvgIpc) is 2.92. The number of nitrogens with one attached hydrogen (secondary N) is 2. The summed E-state index contributed by atoms with van der Waals surface area (Å²) in [6.07, 6.45) is 0.0373. The molecule has 2 heterocycles. The van der Waals surface area contributed by atoms with Crippen molar-refractivity contribution in [2.24, 2.45) is 5.41 Å². The van der Waals surface area contributed by atoms with Crippen molar-refractivity contribution in [3.05, 3.63) is 65.9 Å². The van der Waals surface area contributed by atoms with Crippen LogP contribution in [0.3, 0.4) is 0 Å². The summed E-state index contributed by atoms with van der Waals surface area (Å²) in [5.41, 5.74) is 2.68. The van der Waals surface area contributed by atoms with Gasteiger partial charge in [-0.05, 0) is 70.5 Å². The summed E-state index contributed by atoms with van der Waals surface area (Å²) in [5, 5.41) is 9.61. The van der Waals surface area contributed by atoms with Gasteiger partial charge in [-0.1, -0.05) is 18.2 Å². The number of amides is 1. The van der Waals surface area contributed by atoms with E-state index in [2.05, 4.69) is 9.71 Å². The van der Waals surface area contributed by atoms with Crippen LogP contribution in [0.4, 0.5) is 0 Å². The number of nitrogens with zero attached hydrogens (tertiary/aromatic N) is 2. The monoisotopic (exact) mass is 590 g/mol. The van der Waals surface area contributed by atoms with Gasteiger partial charge in [-0.2, -0.15) is 0 Å². The van der Waals surface area contributed by atoms with Crippen molar-refractivity contribution in [3.63, 3.8) is 0 Å². The van der Waals surface area contributed by atoms with E-state index in [1.807, 2.05) is 37.3 Å². The number of aryl methyl sites for hydroxylation is 1. The van der Waals surface area contributed by atoms with Crippen LogP contribution in [0, 0.1) is 12.3 Å². The smallest absolute Gasteiger partial charge is 0.252 e. The van der Waals surface area contributed by atoms with Gasteiger partial charge in [0, 0.05) is 35.8 Å². The third kappa shape index (κ3) is 5.98. The lowest BCUT2D eigenvalue weighted by molar-refractivity contribution is -0.142. The van der Waals surface area contributed by atoms with Crippen molar-refractivity contribution in [1.82, 2.24) is 19.5 Å². The van der Waals surface area contributed by atoms with Gasteiger partial charge in [-0.25, -0.2) is 31.3 Å². The lowest BCUT2D eigenvalue weighted by Gasteiger charge is -2.44. The van der Waals surface area contributed by atoms with Crippen LogP contribution < -0.4 is 14.9 Å². The third-order valence-electron chi connectivity index (χ3n) is 7.27. The van der Waals surface area contributed by atoms with Crippen molar-refractivity contribution >= 4 is 36.9 Å². The predicted molar refractivity (Wildman–Crippen MR) is 150 cm³/mol. The number of hydroxylamine groups is 1. The van der Waals surface area contributed by atoms with Crippen LogP contribution in [0.5, 0.6) is 5.75 Å². The number of rotatable bonds is 9. The standard InChI is InChI=1S/C27H34N4O7S2/c1-18(2)40(36,37)31-14-13-25(27(4,17-31)26(32)29-33)30-39(34,35)22-11-9-21(10-12-22)38-16-20-15-19(3)28-24-8-6-5-7-23(20)24/h5-12,15,18,25,30,33H,13-14,16-17H2,1-4H3,(H,29,32)/t25-,27-/m1/s1. The highest BCUT2D eigenvalue weighted by molar-refractivity contribution is 7.90. The van der Waals surface area contributed by atoms with Crippen LogP contribution in [0.2, 0.25) is 0 Å². The summed E-state index contributed by atoms with van der Waals surface area (Å²) >= 11 is 0. The molecule has 0 bridgehead atoms. The Morgan fingerprint density at radius 2 is 1.82 bits per heavy atom. The molecule has 1 amide bonds. The number of hydrogen-bond donors (Lipinski definition) is 3. The molecule has 2 aromatic carbocycles. The molecule has 1 aromatic heterocycles. The first kappa shape index (κ1) is 29.9. The predicted octanol–water partition coefficient (Wildman–Crippen LogP) is 2.72. The highest BCUT2D eigenvalue weighted by atomic mass is 32.2. The van der Waals surface area contributed by atoms with Crippen LogP contribution in [-0.2, 0) is 31.4 Å². The molecule has 3 N–H and O–H groups in total. The fourth-order valence-corrected chi connectivity index (χ4v) is 7.64. The van der Waals surface area contributed by atoms with E-state index >= 15 is 0 Å². The fourth-order valence-electron chi connectivity index (χ4n) is 4.86. The molecule has 0 aliphatic carbocycles. The zero-order chi connectivity index (χ0) is 29.3. The average molecular weight is 591 g/mol. The number of para-hydroxylation sites is 1. The molecule has 216 valence electrons. The number of aromatic nitrogens is 1. The van der Waals surface area contributed by atoms with E-state index in [4.69, 9.17) is 4.74 Å². The molecule has 1 saturated heterocycles. The molecule has 0 unspecified atom stereocenters. The lowest BCUT2D eigenvalue weighted by Crippen LogP contribution is -2.63. The van der Waals surface area contributed by atoms with Crippen LogP contribution in [-0.4, -0.2) is 61.6 Å². The molecule has 13 heteroatoms. The van der Waals surface area contributed by atoms with Crippen LogP contribution in [0.25, 0.3) is 10.9 Å². The Hall–Kier alpha value is -3.10. The van der Waals surface area contributed by atoms with Gasteiger partial charge >= 0.3 is 0 Å². The molecule has 40 heavy (non-hydrogen) atoms. The van der Waals surface area contributed by atoms with Crippen LogP contribution in [0.15, 0.2) is 59.5 Å². The van der Waals surface area contributed by atoms with E-state index in [0.717, 1.165) is 26.5 Å². The minimum atomic E-state index is -4.10. The van der Waals surface area contributed by atoms with Gasteiger partial charge in [0.1, 0.15) is 12.4 Å². The Balaban J connectivity index is 1.50. The number of piperidine rings is 1. The Labute approximate surface area is 234 Å². The molecular weight excluding hydrogens is 556 g/mol. The Morgan fingerprint density at radius 1 is 1.15 bits per heavy atom. The number of benzene rings is 2. The molecule has 3 aromatic rings. The van der Waals surface area contributed by atoms with E-state index in [1.165, 1.54) is 32.9 Å².